The Hall–Kier alpha value is -1.39. The fourth-order valence-corrected chi connectivity index (χ4v) is 2.09. The van der Waals surface area contributed by atoms with Crippen molar-refractivity contribution in [2.24, 2.45) is 0 Å². The average Bonchev–Trinajstić information content (AvgIpc) is 2.38. The maximum atomic E-state index is 12.3. The SMILES string of the molecule is CC(C)Oc1ccc(C(=O)C2CN(C)CCO2)cc1. The van der Waals surface area contributed by atoms with Crippen molar-refractivity contribution < 1.29 is 14.3 Å². The van der Waals surface area contributed by atoms with Gasteiger partial charge < -0.3 is 14.4 Å². The van der Waals surface area contributed by atoms with Crippen molar-refractivity contribution in [2.45, 2.75) is 26.1 Å². The van der Waals surface area contributed by atoms with Crippen LogP contribution in [0.15, 0.2) is 24.3 Å². The van der Waals surface area contributed by atoms with Gasteiger partial charge in [0.2, 0.25) is 0 Å². The van der Waals surface area contributed by atoms with Gasteiger partial charge in [0.25, 0.3) is 0 Å². The zero-order valence-electron chi connectivity index (χ0n) is 11.8. The van der Waals surface area contributed by atoms with E-state index in [1.165, 1.54) is 0 Å². The van der Waals surface area contributed by atoms with Gasteiger partial charge in [-0.2, -0.15) is 0 Å². The lowest BCUT2D eigenvalue weighted by atomic mass is 10.0. The minimum absolute atomic E-state index is 0.0441. The fraction of sp³-hybridized carbons (Fsp3) is 0.533. The van der Waals surface area contributed by atoms with Crippen LogP contribution in [-0.2, 0) is 4.74 Å². The van der Waals surface area contributed by atoms with Crippen LogP contribution >= 0.6 is 0 Å². The van der Waals surface area contributed by atoms with E-state index in [0.29, 0.717) is 18.7 Å². The Balaban J connectivity index is 2.02. The molecule has 1 atom stereocenters. The molecule has 0 N–H and O–H groups in total. The van der Waals surface area contributed by atoms with Gasteiger partial charge in [0.1, 0.15) is 11.9 Å². The number of ether oxygens (including phenoxy) is 2. The lowest BCUT2D eigenvalue weighted by Crippen LogP contribution is -2.44. The molecule has 1 heterocycles. The summed E-state index contributed by atoms with van der Waals surface area (Å²) in [5.74, 6) is 0.830. The molecule has 0 radical (unpaired) electrons. The minimum Gasteiger partial charge on any atom is -0.491 e. The first-order chi connectivity index (χ1) is 9.06. The summed E-state index contributed by atoms with van der Waals surface area (Å²) in [5.41, 5.74) is 0.677. The van der Waals surface area contributed by atoms with E-state index in [1.54, 1.807) is 12.1 Å². The molecule has 1 aliphatic rings. The average molecular weight is 263 g/mol. The van der Waals surface area contributed by atoms with Crippen LogP contribution in [0.2, 0.25) is 0 Å². The molecule has 104 valence electrons. The zero-order valence-corrected chi connectivity index (χ0v) is 11.8. The van der Waals surface area contributed by atoms with Crippen LogP contribution in [0.5, 0.6) is 5.75 Å². The quantitative estimate of drug-likeness (QED) is 0.779. The van der Waals surface area contributed by atoms with Crippen molar-refractivity contribution in [3.63, 3.8) is 0 Å². The van der Waals surface area contributed by atoms with Crippen molar-refractivity contribution >= 4 is 5.78 Å². The monoisotopic (exact) mass is 263 g/mol. The highest BCUT2D eigenvalue weighted by Crippen LogP contribution is 2.17. The van der Waals surface area contributed by atoms with Crippen LogP contribution in [0, 0.1) is 0 Å². The van der Waals surface area contributed by atoms with E-state index in [9.17, 15) is 4.79 Å². The molecule has 2 rings (SSSR count). The van der Waals surface area contributed by atoms with Crippen LogP contribution in [0.4, 0.5) is 0 Å². The second kappa shape index (κ2) is 6.17. The van der Waals surface area contributed by atoms with Crippen LogP contribution in [0.1, 0.15) is 24.2 Å². The Labute approximate surface area is 114 Å². The van der Waals surface area contributed by atoms with Crippen LogP contribution in [-0.4, -0.2) is 49.6 Å². The number of likely N-dealkylation sites (N-methyl/N-ethyl adjacent to an activating group) is 1. The molecule has 0 spiro atoms. The number of morpholine rings is 1. The van der Waals surface area contributed by atoms with E-state index in [4.69, 9.17) is 9.47 Å². The van der Waals surface area contributed by atoms with E-state index in [-0.39, 0.29) is 18.0 Å². The van der Waals surface area contributed by atoms with Crippen LogP contribution in [0.25, 0.3) is 0 Å². The van der Waals surface area contributed by atoms with Gasteiger partial charge >= 0.3 is 0 Å². The summed E-state index contributed by atoms with van der Waals surface area (Å²) in [6.07, 6.45) is -0.215. The zero-order chi connectivity index (χ0) is 13.8. The van der Waals surface area contributed by atoms with Crippen molar-refractivity contribution in [3.05, 3.63) is 29.8 Å². The smallest absolute Gasteiger partial charge is 0.192 e. The number of carbonyl (C=O) groups is 1. The number of Topliss-reactive ketones (excluding diaryl/α,β-unsaturated/α-hetero) is 1. The van der Waals surface area contributed by atoms with E-state index in [0.717, 1.165) is 12.3 Å². The third-order valence-electron chi connectivity index (χ3n) is 3.07. The number of ketones is 1. The Morgan fingerprint density at radius 1 is 1.37 bits per heavy atom. The van der Waals surface area contributed by atoms with Crippen molar-refractivity contribution in [1.29, 1.82) is 0 Å². The van der Waals surface area contributed by atoms with E-state index in [1.807, 2.05) is 33.0 Å². The Kier molecular flexibility index (Phi) is 4.56. The van der Waals surface area contributed by atoms with Crippen molar-refractivity contribution in [2.75, 3.05) is 26.7 Å². The maximum absolute atomic E-state index is 12.3. The molecule has 0 aromatic heterocycles. The summed E-state index contributed by atoms with van der Waals surface area (Å²) in [6.45, 7) is 6.10. The maximum Gasteiger partial charge on any atom is 0.192 e. The normalized spacial score (nSPS) is 20.5. The van der Waals surface area contributed by atoms with Crippen LogP contribution in [0.3, 0.4) is 0 Å². The lowest BCUT2D eigenvalue weighted by molar-refractivity contribution is -0.00862. The highest BCUT2D eigenvalue weighted by Gasteiger charge is 2.25. The van der Waals surface area contributed by atoms with Gasteiger partial charge in [0.15, 0.2) is 5.78 Å². The van der Waals surface area contributed by atoms with Gasteiger partial charge in [-0.25, -0.2) is 0 Å². The van der Waals surface area contributed by atoms with Gasteiger partial charge in [-0.15, -0.1) is 0 Å². The molecule has 1 unspecified atom stereocenters. The molecule has 0 bridgehead atoms. The predicted octanol–water partition coefficient (Wildman–Crippen LogP) is 1.99. The highest BCUT2D eigenvalue weighted by molar-refractivity contribution is 5.99. The first-order valence-electron chi connectivity index (χ1n) is 6.67. The number of benzene rings is 1. The number of carbonyl (C=O) groups excluding carboxylic acids is 1. The topological polar surface area (TPSA) is 38.8 Å². The summed E-state index contributed by atoms with van der Waals surface area (Å²) in [5, 5.41) is 0. The predicted molar refractivity (Wildman–Crippen MR) is 73.8 cm³/mol. The molecule has 0 saturated carbocycles. The molecule has 4 nitrogen and oxygen atoms in total. The molecule has 1 aromatic carbocycles. The third kappa shape index (κ3) is 3.78. The molecule has 0 aliphatic carbocycles. The second-order valence-corrected chi connectivity index (χ2v) is 5.18. The number of hydrogen-bond acceptors (Lipinski definition) is 4. The first kappa shape index (κ1) is 14.0. The second-order valence-electron chi connectivity index (χ2n) is 5.18. The first-order valence-corrected chi connectivity index (χ1v) is 6.67. The van der Waals surface area contributed by atoms with E-state index < -0.39 is 0 Å². The molecular formula is C15H21NO3. The minimum atomic E-state index is -0.351. The summed E-state index contributed by atoms with van der Waals surface area (Å²) in [6, 6.07) is 7.27. The largest absolute Gasteiger partial charge is 0.491 e. The molecule has 19 heavy (non-hydrogen) atoms. The number of nitrogens with zero attached hydrogens (tertiary/aromatic N) is 1. The number of hydrogen-bond donors (Lipinski definition) is 0. The Bertz CT molecular complexity index is 428. The van der Waals surface area contributed by atoms with Gasteiger partial charge in [-0.05, 0) is 45.2 Å². The van der Waals surface area contributed by atoms with E-state index in [2.05, 4.69) is 4.90 Å². The molecule has 1 fully saturated rings. The van der Waals surface area contributed by atoms with Crippen LogP contribution < -0.4 is 4.74 Å². The van der Waals surface area contributed by atoms with Gasteiger partial charge in [-0.1, -0.05) is 0 Å². The highest BCUT2D eigenvalue weighted by atomic mass is 16.5. The summed E-state index contributed by atoms with van der Waals surface area (Å²) >= 11 is 0. The number of rotatable bonds is 4. The standard InChI is InChI=1S/C15H21NO3/c1-11(2)19-13-6-4-12(5-7-13)15(17)14-10-16(3)8-9-18-14/h4-7,11,14H,8-10H2,1-3H3. The van der Waals surface area contributed by atoms with Gasteiger partial charge in [0, 0.05) is 18.7 Å². The summed E-state index contributed by atoms with van der Waals surface area (Å²) in [4.78, 5) is 14.4. The van der Waals surface area contributed by atoms with Crippen molar-refractivity contribution in [1.82, 2.24) is 4.90 Å². The summed E-state index contributed by atoms with van der Waals surface area (Å²) < 4.78 is 11.1. The fourth-order valence-electron chi connectivity index (χ4n) is 2.09. The van der Waals surface area contributed by atoms with Crippen molar-refractivity contribution in [3.8, 4) is 5.75 Å². The third-order valence-corrected chi connectivity index (χ3v) is 3.07. The Morgan fingerprint density at radius 2 is 2.05 bits per heavy atom. The van der Waals surface area contributed by atoms with Gasteiger partial charge in [0.05, 0.1) is 12.7 Å². The lowest BCUT2D eigenvalue weighted by Gasteiger charge is -2.29. The molecule has 0 amide bonds. The molecule has 4 heteroatoms. The molecule has 1 aromatic rings. The van der Waals surface area contributed by atoms with E-state index >= 15 is 0 Å². The molecule has 1 saturated heterocycles. The molecule has 1 aliphatic heterocycles. The Morgan fingerprint density at radius 3 is 2.63 bits per heavy atom. The summed E-state index contributed by atoms with van der Waals surface area (Å²) in [7, 11) is 2.00. The molecular weight excluding hydrogens is 242 g/mol. The van der Waals surface area contributed by atoms with Gasteiger partial charge in [-0.3, -0.25) is 4.79 Å².